The zero-order valence-corrected chi connectivity index (χ0v) is 13.0. The average molecular weight is 312 g/mol. The second kappa shape index (κ2) is 7.39. The van der Waals surface area contributed by atoms with Gasteiger partial charge in [-0.05, 0) is 12.0 Å². The molecule has 0 N–H and O–H groups in total. The first-order valence-electron chi connectivity index (χ1n) is 5.71. The van der Waals surface area contributed by atoms with E-state index in [0.717, 1.165) is 6.54 Å². The lowest BCUT2D eigenvalue weighted by Gasteiger charge is -2.26. The summed E-state index contributed by atoms with van der Waals surface area (Å²) in [6.07, 6.45) is 0. The Hall–Kier alpha value is -0.220. The molecule has 0 aromatic carbocycles. The molecule has 0 unspecified atom stereocenters. The summed E-state index contributed by atoms with van der Waals surface area (Å²) >= 11 is 18.0. The van der Waals surface area contributed by atoms with E-state index in [0.29, 0.717) is 34.9 Å². The van der Waals surface area contributed by atoms with Crippen LogP contribution < -0.4 is 4.90 Å². The highest BCUT2D eigenvalue weighted by molar-refractivity contribution is 6.42. The van der Waals surface area contributed by atoms with Crippen molar-refractivity contribution in [2.45, 2.75) is 13.8 Å². The van der Waals surface area contributed by atoms with Crippen molar-refractivity contribution in [1.29, 1.82) is 0 Å². The first-order valence-corrected chi connectivity index (χ1v) is 6.84. The summed E-state index contributed by atoms with van der Waals surface area (Å²) in [5.41, 5.74) is 0. The number of anilines is 1. The van der Waals surface area contributed by atoms with Crippen LogP contribution in [-0.2, 0) is 4.74 Å². The van der Waals surface area contributed by atoms with Gasteiger partial charge in [0.2, 0.25) is 0 Å². The zero-order valence-electron chi connectivity index (χ0n) is 10.7. The standard InChI is InChI=1S/C12H17Cl3N2O/c1-8(2)7-17(4-5-18-3)12-10(14)6-9(13)11(15)16-12/h6,8H,4-5,7H2,1-3H3. The molecule has 0 aliphatic heterocycles. The first kappa shape index (κ1) is 15.8. The highest BCUT2D eigenvalue weighted by Gasteiger charge is 2.16. The molecule has 0 bridgehead atoms. The lowest BCUT2D eigenvalue weighted by molar-refractivity contribution is 0.204. The molecule has 1 aromatic rings. The third kappa shape index (κ3) is 4.47. The number of pyridine rings is 1. The van der Waals surface area contributed by atoms with Crippen molar-refractivity contribution < 1.29 is 4.74 Å². The largest absolute Gasteiger partial charge is 0.383 e. The van der Waals surface area contributed by atoms with E-state index in [1.165, 1.54) is 0 Å². The fourth-order valence-electron chi connectivity index (χ4n) is 1.58. The molecule has 1 heterocycles. The van der Waals surface area contributed by atoms with Crippen LogP contribution in [0.4, 0.5) is 5.82 Å². The summed E-state index contributed by atoms with van der Waals surface area (Å²) in [7, 11) is 1.66. The minimum atomic E-state index is 0.266. The molecule has 102 valence electrons. The van der Waals surface area contributed by atoms with Gasteiger partial charge in [-0.15, -0.1) is 0 Å². The molecule has 0 saturated carbocycles. The monoisotopic (exact) mass is 310 g/mol. The van der Waals surface area contributed by atoms with Gasteiger partial charge in [0, 0.05) is 20.2 Å². The molecule has 6 heteroatoms. The number of ether oxygens (including phenoxy) is 1. The van der Waals surface area contributed by atoms with E-state index in [1.807, 2.05) is 0 Å². The normalized spacial score (nSPS) is 11.1. The Morgan fingerprint density at radius 3 is 2.50 bits per heavy atom. The van der Waals surface area contributed by atoms with Gasteiger partial charge in [0.1, 0.15) is 11.0 Å². The lowest BCUT2D eigenvalue weighted by atomic mass is 10.2. The van der Waals surface area contributed by atoms with E-state index in [-0.39, 0.29) is 5.15 Å². The molecule has 0 amide bonds. The second-order valence-corrected chi connectivity index (χ2v) is 5.57. The van der Waals surface area contributed by atoms with Crippen molar-refractivity contribution in [3.63, 3.8) is 0 Å². The maximum absolute atomic E-state index is 6.17. The fourth-order valence-corrected chi connectivity index (χ4v) is 2.20. The van der Waals surface area contributed by atoms with Crippen molar-refractivity contribution in [1.82, 2.24) is 4.98 Å². The Kier molecular flexibility index (Phi) is 6.50. The van der Waals surface area contributed by atoms with Gasteiger partial charge < -0.3 is 9.64 Å². The number of hydrogen-bond acceptors (Lipinski definition) is 3. The van der Waals surface area contributed by atoms with Crippen LogP contribution in [-0.4, -0.2) is 31.8 Å². The summed E-state index contributed by atoms with van der Waals surface area (Å²) in [6.45, 7) is 6.40. The van der Waals surface area contributed by atoms with Crippen LogP contribution in [0.1, 0.15) is 13.8 Å². The third-order valence-electron chi connectivity index (χ3n) is 2.32. The van der Waals surface area contributed by atoms with Crippen LogP contribution >= 0.6 is 34.8 Å². The summed E-state index contributed by atoms with van der Waals surface area (Å²) < 4.78 is 5.10. The molecular formula is C12H17Cl3N2O. The van der Waals surface area contributed by atoms with Crippen molar-refractivity contribution in [3.8, 4) is 0 Å². The predicted octanol–water partition coefficient (Wildman–Crippen LogP) is 4.15. The van der Waals surface area contributed by atoms with Crippen molar-refractivity contribution in [2.24, 2.45) is 5.92 Å². The molecule has 0 saturated heterocycles. The van der Waals surface area contributed by atoms with Gasteiger partial charge in [0.15, 0.2) is 0 Å². The fraction of sp³-hybridized carbons (Fsp3) is 0.583. The third-order valence-corrected chi connectivity index (χ3v) is 3.27. The Morgan fingerprint density at radius 1 is 1.28 bits per heavy atom. The number of halogens is 3. The summed E-state index contributed by atoms with van der Waals surface area (Å²) in [4.78, 5) is 6.30. The van der Waals surface area contributed by atoms with Crippen LogP contribution in [0.2, 0.25) is 15.2 Å². The quantitative estimate of drug-likeness (QED) is 0.738. The molecule has 0 aliphatic rings. The van der Waals surface area contributed by atoms with Crippen molar-refractivity contribution in [3.05, 3.63) is 21.3 Å². The van der Waals surface area contributed by atoms with E-state index in [9.17, 15) is 0 Å². The molecule has 18 heavy (non-hydrogen) atoms. The molecule has 3 nitrogen and oxygen atoms in total. The number of methoxy groups -OCH3 is 1. The highest BCUT2D eigenvalue weighted by atomic mass is 35.5. The first-order chi connectivity index (χ1) is 8.45. The molecule has 0 spiro atoms. The number of aromatic nitrogens is 1. The summed E-state index contributed by atoms with van der Waals surface area (Å²) in [5, 5.41) is 1.13. The minimum Gasteiger partial charge on any atom is -0.383 e. The van der Waals surface area contributed by atoms with Gasteiger partial charge in [-0.25, -0.2) is 4.98 Å². The predicted molar refractivity (Wildman–Crippen MR) is 78.2 cm³/mol. The van der Waals surface area contributed by atoms with Gasteiger partial charge in [-0.3, -0.25) is 0 Å². The summed E-state index contributed by atoms with van der Waals surface area (Å²) in [6, 6.07) is 1.62. The van der Waals surface area contributed by atoms with Crippen molar-refractivity contribution >= 4 is 40.6 Å². The Bertz CT molecular complexity index is 399. The van der Waals surface area contributed by atoms with Crippen LogP contribution in [0.25, 0.3) is 0 Å². The van der Waals surface area contributed by atoms with E-state index < -0.39 is 0 Å². The molecule has 0 fully saturated rings. The van der Waals surface area contributed by atoms with Crippen LogP contribution in [0.3, 0.4) is 0 Å². The molecule has 0 atom stereocenters. The minimum absolute atomic E-state index is 0.266. The second-order valence-electron chi connectivity index (χ2n) is 4.40. The van der Waals surface area contributed by atoms with E-state index in [4.69, 9.17) is 39.5 Å². The smallest absolute Gasteiger partial charge is 0.150 e. The number of hydrogen-bond donors (Lipinski definition) is 0. The van der Waals surface area contributed by atoms with E-state index in [2.05, 4.69) is 23.7 Å². The molecule has 0 radical (unpaired) electrons. The molecule has 1 aromatic heterocycles. The van der Waals surface area contributed by atoms with Crippen LogP contribution in [0.15, 0.2) is 6.07 Å². The maximum Gasteiger partial charge on any atom is 0.150 e. The van der Waals surface area contributed by atoms with E-state index >= 15 is 0 Å². The average Bonchev–Trinajstić information content (AvgIpc) is 2.29. The van der Waals surface area contributed by atoms with Crippen LogP contribution in [0, 0.1) is 5.92 Å². The highest BCUT2D eigenvalue weighted by Crippen LogP contribution is 2.31. The molecule has 1 rings (SSSR count). The SMILES string of the molecule is COCCN(CC(C)C)c1nc(Cl)c(Cl)cc1Cl. The van der Waals surface area contributed by atoms with Crippen molar-refractivity contribution in [2.75, 3.05) is 31.7 Å². The molecular weight excluding hydrogens is 295 g/mol. The van der Waals surface area contributed by atoms with Gasteiger partial charge in [0.05, 0.1) is 16.7 Å². The summed E-state index contributed by atoms with van der Waals surface area (Å²) in [5.74, 6) is 1.13. The Labute approximate surface area is 123 Å². The van der Waals surface area contributed by atoms with Gasteiger partial charge >= 0.3 is 0 Å². The Balaban J connectivity index is 2.99. The Morgan fingerprint density at radius 2 is 1.94 bits per heavy atom. The van der Waals surface area contributed by atoms with E-state index in [1.54, 1.807) is 13.2 Å². The number of rotatable bonds is 6. The lowest BCUT2D eigenvalue weighted by Crippen LogP contribution is -2.32. The topological polar surface area (TPSA) is 25.4 Å². The molecule has 0 aliphatic carbocycles. The van der Waals surface area contributed by atoms with Crippen LogP contribution in [0.5, 0.6) is 0 Å². The van der Waals surface area contributed by atoms with Gasteiger partial charge in [-0.1, -0.05) is 48.7 Å². The number of nitrogens with zero attached hydrogens (tertiary/aromatic N) is 2. The van der Waals surface area contributed by atoms with Gasteiger partial charge in [-0.2, -0.15) is 0 Å². The zero-order chi connectivity index (χ0) is 13.7. The van der Waals surface area contributed by atoms with Gasteiger partial charge in [0.25, 0.3) is 0 Å². The maximum atomic E-state index is 6.17.